The third-order valence-corrected chi connectivity index (χ3v) is 3.46. The Morgan fingerprint density at radius 2 is 2.39 bits per heavy atom. The summed E-state index contributed by atoms with van der Waals surface area (Å²) in [7, 11) is 0. The number of nitrogens with zero attached hydrogens (tertiary/aromatic N) is 2. The van der Waals surface area contributed by atoms with E-state index in [-0.39, 0.29) is 11.8 Å². The van der Waals surface area contributed by atoms with Crippen LogP contribution in [-0.2, 0) is 11.3 Å². The Morgan fingerprint density at radius 3 is 3.00 bits per heavy atom. The maximum Gasteiger partial charge on any atom is 0.221 e. The molecule has 1 saturated heterocycles. The third-order valence-electron chi connectivity index (χ3n) is 3.11. The van der Waals surface area contributed by atoms with Gasteiger partial charge in [0.2, 0.25) is 5.91 Å². The quantitative estimate of drug-likeness (QED) is 0.541. The predicted molar refractivity (Wildman–Crippen MR) is 69.6 cm³/mol. The number of nitrogens with two attached hydrogens (primary N) is 2. The summed E-state index contributed by atoms with van der Waals surface area (Å²) < 4.78 is 0. The molecule has 1 aromatic rings. The molecule has 0 spiro atoms. The number of hydrazine groups is 1. The summed E-state index contributed by atoms with van der Waals surface area (Å²) in [5.74, 6) is 5.57. The molecule has 1 aliphatic heterocycles. The number of halogens is 1. The highest BCUT2D eigenvalue weighted by molar-refractivity contribution is 6.31. The zero-order valence-corrected chi connectivity index (χ0v) is 10.7. The molecular weight excluding hydrogens is 254 g/mol. The van der Waals surface area contributed by atoms with Crippen LogP contribution < -0.4 is 17.0 Å². The number of amides is 1. The molecule has 0 radical (unpaired) electrons. The Morgan fingerprint density at radius 1 is 1.61 bits per heavy atom. The van der Waals surface area contributed by atoms with Gasteiger partial charge in [-0.25, -0.2) is 10.8 Å². The summed E-state index contributed by atoms with van der Waals surface area (Å²) in [5, 5.41) is 0.594. The van der Waals surface area contributed by atoms with E-state index in [9.17, 15) is 4.79 Å². The van der Waals surface area contributed by atoms with Crippen LogP contribution in [0.25, 0.3) is 0 Å². The highest BCUT2D eigenvalue weighted by Crippen LogP contribution is 2.22. The van der Waals surface area contributed by atoms with Crippen molar-refractivity contribution in [2.45, 2.75) is 13.0 Å². The summed E-state index contributed by atoms with van der Waals surface area (Å²) in [6, 6.07) is 3.46. The summed E-state index contributed by atoms with van der Waals surface area (Å²) in [6.45, 7) is 2.08. The maximum atomic E-state index is 11.1. The molecular formula is C11H16ClN5O. The smallest absolute Gasteiger partial charge is 0.221 e. The van der Waals surface area contributed by atoms with Crippen LogP contribution in [0.1, 0.15) is 12.1 Å². The first kappa shape index (κ1) is 13.1. The van der Waals surface area contributed by atoms with Gasteiger partial charge < -0.3 is 11.2 Å². The third kappa shape index (κ3) is 2.90. The number of carbonyl (C=O) groups is 1. The van der Waals surface area contributed by atoms with Gasteiger partial charge >= 0.3 is 0 Å². The van der Waals surface area contributed by atoms with Crippen molar-refractivity contribution in [3.63, 3.8) is 0 Å². The first-order valence-corrected chi connectivity index (χ1v) is 6.11. The molecule has 0 saturated carbocycles. The molecule has 18 heavy (non-hydrogen) atoms. The Hall–Kier alpha value is -1.37. The normalized spacial score (nSPS) is 20.0. The van der Waals surface area contributed by atoms with E-state index in [1.165, 1.54) is 0 Å². The number of nitrogens with one attached hydrogen (secondary N) is 1. The number of nitrogen functional groups attached to an aromatic ring is 1. The van der Waals surface area contributed by atoms with Gasteiger partial charge in [0.15, 0.2) is 0 Å². The Balaban J connectivity index is 2.04. The summed E-state index contributed by atoms with van der Waals surface area (Å²) >= 11 is 6.08. The minimum Gasteiger partial charge on any atom is -0.369 e. The van der Waals surface area contributed by atoms with Crippen molar-refractivity contribution in [1.29, 1.82) is 0 Å². The lowest BCUT2D eigenvalue weighted by molar-refractivity contribution is -0.121. The van der Waals surface area contributed by atoms with Gasteiger partial charge in [0.05, 0.1) is 16.6 Å². The van der Waals surface area contributed by atoms with Crippen LogP contribution in [0.4, 0.5) is 5.82 Å². The molecule has 6 nitrogen and oxygen atoms in total. The minimum atomic E-state index is -0.242. The molecule has 0 bridgehead atoms. The average molecular weight is 270 g/mol. The van der Waals surface area contributed by atoms with Crippen LogP contribution >= 0.6 is 11.6 Å². The van der Waals surface area contributed by atoms with Crippen molar-refractivity contribution in [3.8, 4) is 0 Å². The van der Waals surface area contributed by atoms with Gasteiger partial charge in [-0.2, -0.15) is 0 Å². The SMILES string of the molecule is NNc1ccc(Cl)c(CN2CCC(C(N)=O)C2)n1. The number of carbonyl (C=O) groups excluding carboxylic acids is 1. The number of rotatable bonds is 4. The van der Waals surface area contributed by atoms with Crippen LogP contribution in [0.3, 0.4) is 0 Å². The zero-order chi connectivity index (χ0) is 13.1. The lowest BCUT2D eigenvalue weighted by Gasteiger charge is -2.16. The molecule has 98 valence electrons. The summed E-state index contributed by atoms with van der Waals surface area (Å²) in [5.41, 5.74) is 8.53. The van der Waals surface area contributed by atoms with Gasteiger partial charge in [0, 0.05) is 13.1 Å². The topological polar surface area (TPSA) is 97.3 Å². The molecule has 0 aromatic carbocycles. The highest BCUT2D eigenvalue weighted by Gasteiger charge is 2.27. The second-order valence-electron chi connectivity index (χ2n) is 4.39. The van der Waals surface area contributed by atoms with E-state index in [1.54, 1.807) is 12.1 Å². The number of primary amides is 1. The molecule has 5 N–H and O–H groups in total. The Labute approximate surface area is 110 Å². The van der Waals surface area contributed by atoms with Gasteiger partial charge in [-0.15, -0.1) is 0 Å². The largest absolute Gasteiger partial charge is 0.369 e. The number of likely N-dealkylation sites (tertiary alicyclic amines) is 1. The number of aromatic nitrogens is 1. The molecule has 1 amide bonds. The summed E-state index contributed by atoms with van der Waals surface area (Å²) in [6.07, 6.45) is 0.793. The standard InChI is InChI=1S/C11H16ClN5O/c12-8-1-2-10(16-14)15-9(8)6-17-4-3-7(5-17)11(13)18/h1-2,7H,3-6,14H2,(H2,13,18)(H,15,16). The van der Waals surface area contributed by atoms with Crippen LogP contribution in [0.2, 0.25) is 5.02 Å². The summed E-state index contributed by atoms with van der Waals surface area (Å²) in [4.78, 5) is 17.5. The number of hydrogen-bond donors (Lipinski definition) is 3. The van der Waals surface area contributed by atoms with Crippen LogP contribution in [0.5, 0.6) is 0 Å². The fraction of sp³-hybridized carbons (Fsp3) is 0.455. The van der Waals surface area contributed by atoms with Gasteiger partial charge in [-0.05, 0) is 25.1 Å². The van der Waals surface area contributed by atoms with Gasteiger partial charge in [-0.3, -0.25) is 9.69 Å². The highest BCUT2D eigenvalue weighted by atomic mass is 35.5. The zero-order valence-electron chi connectivity index (χ0n) is 9.90. The molecule has 1 unspecified atom stereocenters. The maximum absolute atomic E-state index is 11.1. The van der Waals surface area contributed by atoms with E-state index >= 15 is 0 Å². The molecule has 0 aliphatic carbocycles. The average Bonchev–Trinajstić information content (AvgIpc) is 2.81. The van der Waals surface area contributed by atoms with E-state index < -0.39 is 0 Å². The van der Waals surface area contributed by atoms with E-state index in [0.717, 1.165) is 18.7 Å². The lowest BCUT2D eigenvalue weighted by Crippen LogP contribution is -2.27. The van der Waals surface area contributed by atoms with Gasteiger partial charge in [-0.1, -0.05) is 11.6 Å². The van der Waals surface area contributed by atoms with Gasteiger partial charge in [0.25, 0.3) is 0 Å². The molecule has 2 heterocycles. The number of pyridine rings is 1. The van der Waals surface area contributed by atoms with Crippen molar-refractivity contribution >= 4 is 23.3 Å². The first-order valence-electron chi connectivity index (χ1n) is 5.74. The molecule has 1 atom stereocenters. The van der Waals surface area contributed by atoms with E-state index in [4.69, 9.17) is 23.2 Å². The van der Waals surface area contributed by atoms with E-state index in [1.807, 2.05) is 0 Å². The van der Waals surface area contributed by atoms with E-state index in [2.05, 4.69) is 15.3 Å². The van der Waals surface area contributed by atoms with Crippen LogP contribution in [0.15, 0.2) is 12.1 Å². The lowest BCUT2D eigenvalue weighted by atomic mass is 10.1. The molecule has 1 aliphatic rings. The van der Waals surface area contributed by atoms with Crippen LogP contribution in [0, 0.1) is 5.92 Å². The second-order valence-corrected chi connectivity index (χ2v) is 4.80. The molecule has 7 heteroatoms. The van der Waals surface area contributed by atoms with Crippen molar-refractivity contribution in [2.24, 2.45) is 17.5 Å². The van der Waals surface area contributed by atoms with Crippen molar-refractivity contribution in [3.05, 3.63) is 22.8 Å². The van der Waals surface area contributed by atoms with Crippen molar-refractivity contribution in [2.75, 3.05) is 18.5 Å². The Bertz CT molecular complexity index is 453. The fourth-order valence-corrected chi connectivity index (χ4v) is 2.26. The molecule has 2 rings (SSSR count). The van der Waals surface area contributed by atoms with Crippen molar-refractivity contribution in [1.82, 2.24) is 9.88 Å². The Kier molecular flexibility index (Phi) is 4.00. The first-order chi connectivity index (χ1) is 8.60. The second kappa shape index (κ2) is 5.51. The molecule has 1 aromatic heterocycles. The van der Waals surface area contributed by atoms with Crippen molar-refractivity contribution < 1.29 is 4.79 Å². The van der Waals surface area contributed by atoms with E-state index in [0.29, 0.717) is 23.9 Å². The van der Waals surface area contributed by atoms with Crippen LogP contribution in [-0.4, -0.2) is 28.9 Å². The van der Waals surface area contributed by atoms with Gasteiger partial charge in [0.1, 0.15) is 5.82 Å². The molecule has 1 fully saturated rings. The number of hydrogen-bond acceptors (Lipinski definition) is 5. The minimum absolute atomic E-state index is 0.0698. The fourth-order valence-electron chi connectivity index (χ4n) is 2.10. The predicted octanol–water partition coefficient (Wildman–Crippen LogP) is 0.328. The number of anilines is 1. The monoisotopic (exact) mass is 269 g/mol.